The molecule has 0 radical (unpaired) electrons. The molecule has 1 aromatic heterocycles. The maximum Gasteiger partial charge on any atom is 0.222 e. The van der Waals surface area contributed by atoms with Crippen molar-refractivity contribution >= 4 is 44.1 Å². The van der Waals surface area contributed by atoms with Gasteiger partial charge in [-0.05, 0) is 78.4 Å². The van der Waals surface area contributed by atoms with Gasteiger partial charge in [0.25, 0.3) is 0 Å². The van der Waals surface area contributed by atoms with Crippen LogP contribution in [0.4, 0.5) is 0 Å². The van der Waals surface area contributed by atoms with E-state index in [1.165, 1.54) is 70.1 Å². The van der Waals surface area contributed by atoms with Crippen LogP contribution in [0.3, 0.4) is 0 Å². The van der Waals surface area contributed by atoms with Crippen molar-refractivity contribution in [3.63, 3.8) is 0 Å². The highest BCUT2D eigenvalue weighted by Gasteiger charge is 2.32. The molecule has 0 atom stereocenters. The lowest BCUT2D eigenvalue weighted by Crippen LogP contribution is -2.32. The molecule has 3 heteroatoms. The molecule has 0 unspecified atom stereocenters. The van der Waals surface area contributed by atoms with Crippen molar-refractivity contribution in [1.29, 1.82) is 5.26 Å². The summed E-state index contributed by atoms with van der Waals surface area (Å²) < 4.78 is 2.29. The summed E-state index contributed by atoms with van der Waals surface area (Å²) in [5.41, 5.74) is 6.19. The summed E-state index contributed by atoms with van der Waals surface area (Å²) in [5.74, 6) is 0. The molecule has 0 saturated carbocycles. The molecule has 166 valence electrons. The second-order valence-electron chi connectivity index (χ2n) is 10.2. The van der Waals surface area contributed by atoms with E-state index in [1.54, 1.807) is 0 Å². The van der Waals surface area contributed by atoms with Gasteiger partial charge in [-0.3, -0.25) is 0 Å². The van der Waals surface area contributed by atoms with Crippen LogP contribution in [0, 0.1) is 30.6 Å². The molecule has 2 heterocycles. The van der Waals surface area contributed by atoms with E-state index in [2.05, 4.69) is 92.3 Å². The minimum Gasteiger partial charge on any atom is -0.200 e. The number of nitrogens with zero attached hydrogens (tertiary/aromatic N) is 2. The first-order chi connectivity index (χ1) is 16.3. The van der Waals surface area contributed by atoms with Crippen LogP contribution in [0.1, 0.15) is 30.5 Å². The largest absolute Gasteiger partial charge is 0.222 e. The Balaban J connectivity index is 1.77. The normalized spacial score (nSPS) is 12.8. The topological polar surface area (TPSA) is 27.7 Å². The highest BCUT2D eigenvalue weighted by atomic mass is 32.2. The summed E-state index contributed by atoms with van der Waals surface area (Å²) in [7, 11) is 2.16. The van der Waals surface area contributed by atoms with Crippen molar-refractivity contribution in [2.24, 2.45) is 12.5 Å². The smallest absolute Gasteiger partial charge is 0.200 e. The molecule has 34 heavy (non-hydrogen) atoms. The zero-order valence-corrected chi connectivity index (χ0v) is 21.1. The Morgan fingerprint density at radius 3 is 2.38 bits per heavy atom. The number of hydrogen-bond acceptors (Lipinski definition) is 2. The average molecular weight is 460 g/mol. The minimum absolute atomic E-state index is 0.410. The van der Waals surface area contributed by atoms with Gasteiger partial charge >= 0.3 is 0 Å². The van der Waals surface area contributed by atoms with E-state index >= 15 is 0 Å². The number of fused-ring (bicyclic) bond motifs is 5. The van der Waals surface area contributed by atoms with Crippen LogP contribution < -0.4 is 4.57 Å². The monoisotopic (exact) mass is 459 g/mol. The lowest BCUT2D eigenvalue weighted by Gasteiger charge is -2.25. The van der Waals surface area contributed by atoms with Crippen molar-refractivity contribution in [3.05, 3.63) is 77.5 Å². The van der Waals surface area contributed by atoms with Crippen LogP contribution >= 0.6 is 11.8 Å². The van der Waals surface area contributed by atoms with Gasteiger partial charge in [0.2, 0.25) is 5.69 Å². The fourth-order valence-electron chi connectivity index (χ4n) is 5.71. The maximum atomic E-state index is 9.71. The Hall–Kier alpha value is -3.35. The van der Waals surface area contributed by atoms with Crippen LogP contribution in [0.2, 0.25) is 0 Å². The highest BCUT2D eigenvalue weighted by molar-refractivity contribution is 8.00. The molecule has 5 aromatic rings. The first-order valence-electron chi connectivity index (χ1n) is 11.8. The lowest BCUT2D eigenvalue weighted by atomic mass is 9.84. The van der Waals surface area contributed by atoms with Crippen LogP contribution in [-0.4, -0.2) is 0 Å². The summed E-state index contributed by atoms with van der Waals surface area (Å²) in [4.78, 5) is 2.68. The van der Waals surface area contributed by atoms with Gasteiger partial charge < -0.3 is 0 Å². The predicted molar refractivity (Wildman–Crippen MR) is 142 cm³/mol. The van der Waals surface area contributed by atoms with Crippen molar-refractivity contribution in [3.8, 4) is 17.3 Å². The van der Waals surface area contributed by atoms with Gasteiger partial charge in [-0.1, -0.05) is 54.2 Å². The van der Waals surface area contributed by atoms with Crippen LogP contribution in [0.25, 0.3) is 43.6 Å². The van der Waals surface area contributed by atoms with Gasteiger partial charge in [0.1, 0.15) is 7.05 Å². The minimum atomic E-state index is -0.410. The molecule has 0 N–H and O–H groups in total. The number of nitriles is 1. The lowest BCUT2D eigenvalue weighted by molar-refractivity contribution is -0.659. The van der Waals surface area contributed by atoms with Crippen molar-refractivity contribution < 1.29 is 4.57 Å². The predicted octanol–water partition coefficient (Wildman–Crippen LogP) is 7.81. The Morgan fingerprint density at radius 2 is 1.65 bits per heavy atom. The fraction of sp³-hybridized carbons (Fsp3) is 0.226. The van der Waals surface area contributed by atoms with E-state index in [9.17, 15) is 5.26 Å². The summed E-state index contributed by atoms with van der Waals surface area (Å²) in [5, 5.41) is 17.5. The second kappa shape index (κ2) is 7.32. The van der Waals surface area contributed by atoms with E-state index in [0.717, 1.165) is 6.42 Å². The number of hydrogen-bond donors (Lipinski definition) is 0. The molecule has 0 fully saturated rings. The SMILES string of the molecule is Cc1c2c(c(C)c3ccccc13)-c1c3c(cc4cccc(CC(C)(C)C#N)c4c3cc[n+]1C)S2. The molecule has 0 spiro atoms. The molecule has 0 amide bonds. The molecule has 1 aliphatic rings. The van der Waals surface area contributed by atoms with Crippen molar-refractivity contribution in [2.75, 3.05) is 0 Å². The molecule has 4 aromatic carbocycles. The molecule has 0 bridgehead atoms. The van der Waals surface area contributed by atoms with Gasteiger partial charge in [0, 0.05) is 21.2 Å². The van der Waals surface area contributed by atoms with Gasteiger partial charge in [-0.2, -0.15) is 5.26 Å². The second-order valence-corrected chi connectivity index (χ2v) is 11.3. The quantitative estimate of drug-likeness (QED) is 0.195. The third kappa shape index (κ3) is 2.92. The summed E-state index contributed by atoms with van der Waals surface area (Å²) >= 11 is 1.91. The maximum absolute atomic E-state index is 9.71. The Morgan fingerprint density at radius 1 is 0.912 bits per heavy atom. The zero-order valence-electron chi connectivity index (χ0n) is 20.3. The van der Waals surface area contributed by atoms with Gasteiger partial charge in [-0.25, -0.2) is 4.57 Å². The first-order valence-corrected chi connectivity index (χ1v) is 12.6. The Kier molecular flexibility index (Phi) is 4.57. The molecular formula is C31H27N2S+. The standard InChI is InChI=1S/C31H27N2S/c1-18-22-11-6-7-12-23(22)19(2)30-26(18)29-28-24(13-14-33(29)5)27-20(15-25(28)34-30)9-8-10-21(27)16-31(3,4)17-32/h6-15H,16H2,1-5H3/q+1. The van der Waals surface area contributed by atoms with Crippen LogP contribution in [0.5, 0.6) is 0 Å². The van der Waals surface area contributed by atoms with Gasteiger partial charge in [-0.15, -0.1) is 0 Å². The molecule has 1 aliphatic heterocycles. The average Bonchev–Trinajstić information content (AvgIpc) is 2.83. The van der Waals surface area contributed by atoms with E-state index in [-0.39, 0.29) is 0 Å². The number of pyridine rings is 1. The molecule has 0 aliphatic carbocycles. The molecular weight excluding hydrogens is 432 g/mol. The van der Waals surface area contributed by atoms with E-state index in [4.69, 9.17) is 0 Å². The number of rotatable bonds is 2. The van der Waals surface area contributed by atoms with Crippen molar-refractivity contribution in [1.82, 2.24) is 0 Å². The fourth-order valence-corrected chi connectivity index (χ4v) is 7.04. The summed E-state index contributed by atoms with van der Waals surface area (Å²) in [6, 6.07) is 22.5. The third-order valence-electron chi connectivity index (χ3n) is 7.37. The van der Waals surface area contributed by atoms with Gasteiger partial charge in [0.05, 0.1) is 22.4 Å². The molecule has 6 rings (SSSR count). The number of benzene rings is 4. The number of aromatic nitrogens is 1. The van der Waals surface area contributed by atoms with Crippen LogP contribution in [-0.2, 0) is 13.5 Å². The first kappa shape index (κ1) is 21.2. The Labute approximate surface area is 204 Å². The number of aryl methyl sites for hydroxylation is 3. The molecule has 0 saturated heterocycles. The van der Waals surface area contributed by atoms with E-state index < -0.39 is 5.41 Å². The zero-order chi connectivity index (χ0) is 23.8. The van der Waals surface area contributed by atoms with E-state index in [1.807, 2.05) is 25.6 Å². The van der Waals surface area contributed by atoms with E-state index in [0.29, 0.717) is 0 Å². The van der Waals surface area contributed by atoms with Gasteiger partial charge in [0.15, 0.2) is 6.20 Å². The third-order valence-corrected chi connectivity index (χ3v) is 8.63. The Bertz CT molecular complexity index is 1720. The van der Waals surface area contributed by atoms with Crippen molar-refractivity contribution in [2.45, 2.75) is 43.9 Å². The highest BCUT2D eigenvalue weighted by Crippen LogP contribution is 2.52. The summed E-state index contributed by atoms with van der Waals surface area (Å²) in [6.07, 6.45) is 2.94. The summed E-state index contributed by atoms with van der Waals surface area (Å²) in [6.45, 7) is 8.59. The van der Waals surface area contributed by atoms with Crippen LogP contribution in [0.15, 0.2) is 70.6 Å². The molecule has 2 nitrogen and oxygen atoms in total.